The van der Waals surface area contributed by atoms with Gasteiger partial charge in [0.05, 0.1) is 0 Å². The quantitative estimate of drug-likeness (QED) is 0.915. The van der Waals surface area contributed by atoms with Crippen molar-refractivity contribution in [2.24, 2.45) is 5.92 Å². The first kappa shape index (κ1) is 13.2. The number of nitrogens with one attached hydrogen (secondary N) is 1. The van der Waals surface area contributed by atoms with Crippen LogP contribution >= 0.6 is 0 Å². The summed E-state index contributed by atoms with van der Waals surface area (Å²) in [6.45, 7) is 4.34. The Morgan fingerprint density at radius 2 is 1.90 bits per heavy atom. The predicted molar refractivity (Wildman–Crippen MR) is 77.5 cm³/mol. The molecule has 1 aliphatic carbocycles. The Morgan fingerprint density at radius 1 is 1.20 bits per heavy atom. The number of para-hydroxylation sites is 1. The second kappa shape index (κ2) is 4.93. The largest absolute Gasteiger partial charge is 0.342 e. The van der Waals surface area contributed by atoms with Gasteiger partial charge in [-0.2, -0.15) is 0 Å². The van der Waals surface area contributed by atoms with Gasteiger partial charge in [-0.05, 0) is 36.3 Å². The number of carbonyl (C=O) groups excluding carboxylic acids is 2. The van der Waals surface area contributed by atoms with Gasteiger partial charge in [0.2, 0.25) is 11.8 Å². The van der Waals surface area contributed by atoms with Crippen molar-refractivity contribution in [2.75, 3.05) is 11.4 Å². The fourth-order valence-corrected chi connectivity index (χ4v) is 2.84. The number of piperazine rings is 1. The molecular weight excluding hydrogens is 252 g/mol. The highest BCUT2D eigenvalue weighted by atomic mass is 16.2. The highest BCUT2D eigenvalue weighted by Gasteiger charge is 2.43. The number of benzene rings is 1. The van der Waals surface area contributed by atoms with Crippen LogP contribution in [0.2, 0.25) is 0 Å². The van der Waals surface area contributed by atoms with Gasteiger partial charge in [0.1, 0.15) is 12.6 Å². The lowest BCUT2D eigenvalue weighted by Crippen LogP contribution is -2.59. The molecule has 0 spiro atoms. The van der Waals surface area contributed by atoms with Gasteiger partial charge in [-0.25, -0.2) is 0 Å². The normalized spacial score (nSPS) is 23.1. The number of amides is 2. The van der Waals surface area contributed by atoms with E-state index < -0.39 is 0 Å². The van der Waals surface area contributed by atoms with E-state index in [-0.39, 0.29) is 24.4 Å². The Morgan fingerprint density at radius 3 is 2.55 bits per heavy atom. The first-order chi connectivity index (χ1) is 9.58. The Hall–Kier alpha value is -1.84. The zero-order valence-corrected chi connectivity index (χ0v) is 11.9. The van der Waals surface area contributed by atoms with Crippen molar-refractivity contribution in [3.63, 3.8) is 0 Å². The smallest absolute Gasteiger partial charge is 0.250 e. The van der Waals surface area contributed by atoms with Crippen molar-refractivity contribution in [3.05, 3.63) is 29.8 Å². The van der Waals surface area contributed by atoms with Crippen molar-refractivity contribution < 1.29 is 9.59 Å². The van der Waals surface area contributed by atoms with E-state index in [1.165, 1.54) is 0 Å². The fraction of sp³-hybridized carbons (Fsp3) is 0.500. The lowest BCUT2D eigenvalue weighted by Gasteiger charge is -2.34. The molecule has 0 radical (unpaired) electrons. The third-order valence-corrected chi connectivity index (χ3v) is 4.09. The van der Waals surface area contributed by atoms with E-state index in [2.05, 4.69) is 19.2 Å². The Kier molecular flexibility index (Phi) is 3.24. The monoisotopic (exact) mass is 272 g/mol. The lowest BCUT2D eigenvalue weighted by molar-refractivity contribution is -0.131. The Bertz CT molecular complexity index is 549. The van der Waals surface area contributed by atoms with Crippen LogP contribution in [0.3, 0.4) is 0 Å². The maximum atomic E-state index is 12.6. The molecule has 1 heterocycles. The van der Waals surface area contributed by atoms with Crippen molar-refractivity contribution >= 4 is 17.5 Å². The molecule has 2 amide bonds. The van der Waals surface area contributed by atoms with E-state index in [1.807, 2.05) is 24.3 Å². The summed E-state index contributed by atoms with van der Waals surface area (Å²) in [7, 11) is 0. The van der Waals surface area contributed by atoms with E-state index in [0.29, 0.717) is 11.8 Å². The molecule has 1 unspecified atom stereocenters. The summed E-state index contributed by atoms with van der Waals surface area (Å²) in [5, 5.41) is 2.85. The summed E-state index contributed by atoms with van der Waals surface area (Å²) in [6.07, 6.45) is 2.08. The van der Waals surface area contributed by atoms with Crippen molar-refractivity contribution in [1.82, 2.24) is 5.32 Å². The minimum absolute atomic E-state index is 0.0419. The maximum absolute atomic E-state index is 12.6. The van der Waals surface area contributed by atoms with Crippen LogP contribution in [0, 0.1) is 5.92 Å². The van der Waals surface area contributed by atoms with Gasteiger partial charge in [-0.3, -0.25) is 9.59 Å². The summed E-state index contributed by atoms with van der Waals surface area (Å²) in [6, 6.07) is 7.55. The molecular formula is C16H20N2O2. The molecule has 1 N–H and O–H groups in total. The second-order valence-corrected chi connectivity index (χ2v) is 6.02. The summed E-state index contributed by atoms with van der Waals surface area (Å²) in [4.78, 5) is 26.2. The molecule has 1 aromatic carbocycles. The molecule has 3 rings (SSSR count). The van der Waals surface area contributed by atoms with Crippen LogP contribution in [0.5, 0.6) is 0 Å². The van der Waals surface area contributed by atoms with Crippen LogP contribution in [-0.4, -0.2) is 24.4 Å². The first-order valence-corrected chi connectivity index (χ1v) is 7.27. The van der Waals surface area contributed by atoms with Crippen LogP contribution < -0.4 is 10.2 Å². The number of hydrogen-bond acceptors (Lipinski definition) is 2. The second-order valence-electron chi connectivity index (χ2n) is 6.02. The molecule has 4 nitrogen and oxygen atoms in total. The standard InChI is InChI=1S/C16H20N2O2/c1-10(2)12-5-3-4-6-13(12)18-9-14(19)17-15(16(18)20)11-7-8-11/h3-6,10-11,15H,7-9H2,1-2H3,(H,17,19). The van der Waals surface area contributed by atoms with E-state index in [4.69, 9.17) is 0 Å². The topological polar surface area (TPSA) is 49.4 Å². The first-order valence-electron chi connectivity index (χ1n) is 7.27. The number of anilines is 1. The highest BCUT2D eigenvalue weighted by Crippen LogP contribution is 2.36. The zero-order chi connectivity index (χ0) is 14.3. The van der Waals surface area contributed by atoms with Gasteiger partial charge in [0.25, 0.3) is 0 Å². The molecule has 20 heavy (non-hydrogen) atoms. The predicted octanol–water partition coefficient (Wildman–Crippen LogP) is 2.05. The molecule has 1 saturated heterocycles. The lowest BCUT2D eigenvalue weighted by atomic mass is 9.99. The molecule has 2 aliphatic rings. The van der Waals surface area contributed by atoms with Crippen LogP contribution in [0.1, 0.15) is 38.2 Å². The van der Waals surface area contributed by atoms with E-state index >= 15 is 0 Å². The molecule has 1 aliphatic heterocycles. The molecule has 0 bridgehead atoms. The van der Waals surface area contributed by atoms with Gasteiger partial charge in [-0.1, -0.05) is 32.0 Å². The van der Waals surface area contributed by atoms with Gasteiger partial charge in [-0.15, -0.1) is 0 Å². The SMILES string of the molecule is CC(C)c1ccccc1N1CC(=O)NC(C2CC2)C1=O. The minimum atomic E-state index is -0.323. The Balaban J connectivity index is 1.95. The number of hydrogen-bond donors (Lipinski definition) is 1. The van der Waals surface area contributed by atoms with Crippen molar-refractivity contribution in [3.8, 4) is 0 Å². The third kappa shape index (κ3) is 2.30. The minimum Gasteiger partial charge on any atom is -0.342 e. The number of carbonyl (C=O) groups is 2. The van der Waals surface area contributed by atoms with Crippen LogP contribution in [0.25, 0.3) is 0 Å². The van der Waals surface area contributed by atoms with E-state index in [0.717, 1.165) is 24.1 Å². The molecule has 1 atom stereocenters. The average Bonchev–Trinajstić information content (AvgIpc) is 3.25. The van der Waals surface area contributed by atoms with Crippen LogP contribution in [0.4, 0.5) is 5.69 Å². The molecule has 106 valence electrons. The van der Waals surface area contributed by atoms with E-state index in [9.17, 15) is 9.59 Å². The van der Waals surface area contributed by atoms with Crippen molar-refractivity contribution in [2.45, 2.75) is 38.6 Å². The summed E-state index contributed by atoms with van der Waals surface area (Å²) in [5.74, 6) is 0.643. The summed E-state index contributed by atoms with van der Waals surface area (Å²) < 4.78 is 0. The zero-order valence-electron chi connectivity index (χ0n) is 11.9. The number of nitrogens with zero attached hydrogens (tertiary/aromatic N) is 1. The molecule has 4 heteroatoms. The summed E-state index contributed by atoms with van der Waals surface area (Å²) >= 11 is 0. The molecule has 0 aromatic heterocycles. The molecule has 2 fully saturated rings. The number of rotatable bonds is 3. The summed E-state index contributed by atoms with van der Waals surface area (Å²) in [5.41, 5.74) is 2.00. The Labute approximate surface area is 119 Å². The van der Waals surface area contributed by atoms with Gasteiger partial charge < -0.3 is 10.2 Å². The molecule has 1 aromatic rings. The van der Waals surface area contributed by atoms with Crippen molar-refractivity contribution in [1.29, 1.82) is 0 Å². The maximum Gasteiger partial charge on any atom is 0.250 e. The fourth-order valence-electron chi connectivity index (χ4n) is 2.84. The third-order valence-electron chi connectivity index (χ3n) is 4.09. The van der Waals surface area contributed by atoms with E-state index in [1.54, 1.807) is 4.90 Å². The highest BCUT2D eigenvalue weighted by molar-refractivity contribution is 6.07. The van der Waals surface area contributed by atoms with Gasteiger partial charge >= 0.3 is 0 Å². The van der Waals surface area contributed by atoms with Gasteiger partial charge in [0.15, 0.2) is 0 Å². The van der Waals surface area contributed by atoms with Crippen LogP contribution in [-0.2, 0) is 9.59 Å². The average molecular weight is 272 g/mol. The van der Waals surface area contributed by atoms with Gasteiger partial charge in [0, 0.05) is 5.69 Å². The molecule has 1 saturated carbocycles. The van der Waals surface area contributed by atoms with Crippen LogP contribution in [0.15, 0.2) is 24.3 Å².